The zero-order valence-corrected chi connectivity index (χ0v) is 8.90. The number of hydrogen-bond acceptors (Lipinski definition) is 3. The van der Waals surface area contributed by atoms with Gasteiger partial charge in [-0.25, -0.2) is 4.39 Å². The van der Waals surface area contributed by atoms with E-state index in [1.165, 1.54) is 18.3 Å². The van der Waals surface area contributed by atoms with Gasteiger partial charge in [0.1, 0.15) is 5.60 Å². The van der Waals surface area contributed by atoms with Gasteiger partial charge < -0.3 is 10.8 Å². The van der Waals surface area contributed by atoms with Crippen LogP contribution in [-0.4, -0.2) is 16.0 Å². The Balaban J connectivity index is 2.64. The summed E-state index contributed by atoms with van der Waals surface area (Å²) in [6.07, 6.45) is 1.46. The number of aliphatic hydroxyl groups is 1. The lowest BCUT2D eigenvalue weighted by Gasteiger charge is -2.36. The Kier molecular flexibility index (Phi) is 2.24. The van der Waals surface area contributed by atoms with Crippen LogP contribution in [0.15, 0.2) is 18.3 Å². The number of nitrogens with zero attached hydrogens (tertiary/aromatic N) is 1. The van der Waals surface area contributed by atoms with Gasteiger partial charge in [0.2, 0.25) is 5.67 Å². The number of carbonyl (C=O) groups excluding carboxylic acids is 1. The number of aromatic nitrogens is 1. The van der Waals surface area contributed by atoms with Crippen molar-refractivity contribution in [1.82, 2.24) is 4.98 Å². The summed E-state index contributed by atoms with van der Waals surface area (Å²) in [6.45, 7) is 1.55. The fourth-order valence-corrected chi connectivity index (χ4v) is 2.08. The predicted molar refractivity (Wildman–Crippen MR) is 55.0 cm³/mol. The number of carbonyl (C=O) groups is 1. The first-order chi connectivity index (χ1) is 7.38. The molecule has 4 nitrogen and oxygen atoms in total. The monoisotopic (exact) mass is 224 g/mol. The molecule has 1 aliphatic rings. The van der Waals surface area contributed by atoms with Crippen molar-refractivity contribution in [3.8, 4) is 0 Å². The van der Waals surface area contributed by atoms with E-state index in [0.29, 0.717) is 0 Å². The van der Waals surface area contributed by atoms with Gasteiger partial charge in [-0.05, 0) is 25.8 Å². The van der Waals surface area contributed by atoms with Gasteiger partial charge in [0, 0.05) is 11.8 Å². The number of nitrogens with two attached hydrogens (primary N) is 1. The van der Waals surface area contributed by atoms with Crippen LogP contribution in [0.4, 0.5) is 4.39 Å². The normalized spacial score (nSPS) is 33.2. The van der Waals surface area contributed by atoms with Gasteiger partial charge in [-0.3, -0.25) is 9.78 Å². The predicted octanol–water partition coefficient (Wildman–Crippen LogP) is 0.733. The van der Waals surface area contributed by atoms with Gasteiger partial charge in [-0.1, -0.05) is 6.07 Å². The maximum absolute atomic E-state index is 14.4. The van der Waals surface area contributed by atoms with Gasteiger partial charge in [0.05, 0.1) is 5.69 Å². The van der Waals surface area contributed by atoms with Crippen molar-refractivity contribution in [3.63, 3.8) is 0 Å². The first kappa shape index (κ1) is 11.0. The molecule has 0 radical (unpaired) electrons. The summed E-state index contributed by atoms with van der Waals surface area (Å²) >= 11 is 0. The molecule has 0 saturated carbocycles. The molecule has 1 heterocycles. The van der Waals surface area contributed by atoms with Crippen LogP contribution in [0.5, 0.6) is 0 Å². The molecule has 0 spiro atoms. The molecule has 1 aromatic rings. The molecule has 0 aromatic carbocycles. The van der Waals surface area contributed by atoms with Crippen LogP contribution < -0.4 is 5.73 Å². The van der Waals surface area contributed by atoms with E-state index in [2.05, 4.69) is 4.98 Å². The van der Waals surface area contributed by atoms with Gasteiger partial charge in [0.25, 0.3) is 5.91 Å². The maximum atomic E-state index is 14.4. The fourth-order valence-electron chi connectivity index (χ4n) is 2.08. The van der Waals surface area contributed by atoms with Crippen LogP contribution >= 0.6 is 0 Å². The molecule has 5 heteroatoms. The highest BCUT2D eigenvalue weighted by Gasteiger charge is 2.49. The zero-order valence-electron chi connectivity index (χ0n) is 8.90. The molecule has 2 rings (SSSR count). The van der Waals surface area contributed by atoms with E-state index >= 15 is 0 Å². The van der Waals surface area contributed by atoms with E-state index in [1.54, 1.807) is 6.92 Å². The van der Waals surface area contributed by atoms with Crippen molar-refractivity contribution in [3.05, 3.63) is 29.6 Å². The zero-order chi connectivity index (χ0) is 12.0. The smallest absolute Gasteiger partial charge is 0.259 e. The SMILES string of the molecule is CC1(O)CCC(F)(C(N)=O)c2cccnc21. The third-order valence-electron chi connectivity index (χ3n) is 3.09. The number of hydrogen-bond donors (Lipinski definition) is 2. The summed E-state index contributed by atoms with van der Waals surface area (Å²) in [6, 6.07) is 2.97. The first-order valence-corrected chi connectivity index (χ1v) is 5.05. The minimum Gasteiger partial charge on any atom is -0.384 e. The standard InChI is InChI=1S/C11H13FN2O2/c1-10(16)4-5-11(12,9(13)15)7-3-2-6-14-8(7)10/h2-3,6,16H,4-5H2,1H3,(H2,13,15). The van der Waals surface area contributed by atoms with Crippen molar-refractivity contribution in [2.45, 2.75) is 31.0 Å². The Labute approximate surface area is 92.3 Å². The Morgan fingerprint density at radius 2 is 2.31 bits per heavy atom. The highest BCUT2D eigenvalue weighted by Crippen LogP contribution is 2.44. The molecule has 2 atom stereocenters. The molecule has 1 amide bonds. The third kappa shape index (κ3) is 1.39. The van der Waals surface area contributed by atoms with Crippen molar-refractivity contribution in [1.29, 1.82) is 0 Å². The Hall–Kier alpha value is -1.49. The van der Waals surface area contributed by atoms with Gasteiger partial charge in [0.15, 0.2) is 0 Å². The highest BCUT2D eigenvalue weighted by molar-refractivity contribution is 5.85. The van der Waals surface area contributed by atoms with Gasteiger partial charge in [-0.15, -0.1) is 0 Å². The molecule has 0 saturated heterocycles. The van der Waals surface area contributed by atoms with Crippen LogP contribution in [0.2, 0.25) is 0 Å². The topological polar surface area (TPSA) is 76.2 Å². The second-order valence-corrected chi connectivity index (χ2v) is 4.34. The average molecular weight is 224 g/mol. The molecule has 0 aliphatic heterocycles. The summed E-state index contributed by atoms with van der Waals surface area (Å²) in [4.78, 5) is 15.1. The summed E-state index contributed by atoms with van der Waals surface area (Å²) in [5.41, 5.74) is 1.94. The van der Waals surface area contributed by atoms with Crippen molar-refractivity contribution in [2.75, 3.05) is 0 Å². The Morgan fingerprint density at radius 1 is 1.62 bits per heavy atom. The number of rotatable bonds is 1. The number of alkyl halides is 1. The van der Waals surface area contributed by atoms with E-state index < -0.39 is 17.2 Å². The lowest BCUT2D eigenvalue weighted by Crippen LogP contribution is -2.45. The van der Waals surface area contributed by atoms with Crippen LogP contribution in [0.3, 0.4) is 0 Å². The summed E-state index contributed by atoms with van der Waals surface area (Å²) in [7, 11) is 0. The van der Waals surface area contributed by atoms with E-state index in [0.717, 1.165) is 0 Å². The van der Waals surface area contributed by atoms with E-state index in [9.17, 15) is 14.3 Å². The highest BCUT2D eigenvalue weighted by atomic mass is 19.1. The number of primary amides is 1. The first-order valence-electron chi connectivity index (χ1n) is 5.05. The molecule has 2 unspecified atom stereocenters. The van der Waals surface area contributed by atoms with Gasteiger partial charge in [-0.2, -0.15) is 0 Å². The number of pyridine rings is 1. The lowest BCUT2D eigenvalue weighted by molar-refractivity contribution is -0.133. The molecule has 86 valence electrons. The number of amides is 1. The molecule has 1 aromatic heterocycles. The third-order valence-corrected chi connectivity index (χ3v) is 3.09. The largest absolute Gasteiger partial charge is 0.384 e. The fraction of sp³-hybridized carbons (Fsp3) is 0.455. The van der Waals surface area contributed by atoms with Crippen LogP contribution in [0.25, 0.3) is 0 Å². The molecular formula is C11H13FN2O2. The molecule has 0 fully saturated rings. The lowest BCUT2D eigenvalue weighted by atomic mass is 9.75. The molecule has 3 N–H and O–H groups in total. The van der Waals surface area contributed by atoms with Crippen molar-refractivity contribution in [2.24, 2.45) is 5.73 Å². The maximum Gasteiger partial charge on any atom is 0.259 e. The van der Waals surface area contributed by atoms with E-state index in [4.69, 9.17) is 5.73 Å². The minimum atomic E-state index is -2.22. The quantitative estimate of drug-likeness (QED) is 0.738. The van der Waals surface area contributed by atoms with Crippen LogP contribution in [-0.2, 0) is 16.1 Å². The Bertz CT molecular complexity index is 447. The number of halogens is 1. The molecule has 1 aliphatic carbocycles. The molecule has 0 bridgehead atoms. The Morgan fingerprint density at radius 3 is 2.94 bits per heavy atom. The summed E-state index contributed by atoms with van der Waals surface area (Å²) < 4.78 is 14.4. The van der Waals surface area contributed by atoms with Gasteiger partial charge >= 0.3 is 0 Å². The van der Waals surface area contributed by atoms with Crippen molar-refractivity contribution < 1.29 is 14.3 Å². The second kappa shape index (κ2) is 3.25. The summed E-state index contributed by atoms with van der Waals surface area (Å²) in [5, 5.41) is 10.1. The molecule has 16 heavy (non-hydrogen) atoms. The summed E-state index contributed by atoms with van der Waals surface area (Å²) in [5.74, 6) is -1.03. The minimum absolute atomic E-state index is 0.0822. The second-order valence-electron chi connectivity index (χ2n) is 4.34. The van der Waals surface area contributed by atoms with E-state index in [1.807, 2.05) is 0 Å². The van der Waals surface area contributed by atoms with E-state index in [-0.39, 0.29) is 24.1 Å². The number of fused-ring (bicyclic) bond motifs is 1. The van der Waals surface area contributed by atoms with Crippen LogP contribution in [0, 0.1) is 0 Å². The average Bonchev–Trinajstić information content (AvgIpc) is 2.24. The van der Waals surface area contributed by atoms with Crippen LogP contribution in [0.1, 0.15) is 31.0 Å². The van der Waals surface area contributed by atoms with Crippen molar-refractivity contribution >= 4 is 5.91 Å². The molecular weight excluding hydrogens is 211 g/mol.